The van der Waals surface area contributed by atoms with E-state index in [1.165, 1.54) is 19.4 Å². The summed E-state index contributed by atoms with van der Waals surface area (Å²) in [5.41, 5.74) is 3.07. The number of nitrogens with one attached hydrogen (secondary N) is 2. The third-order valence-corrected chi connectivity index (χ3v) is 3.09. The second-order valence-electron chi connectivity index (χ2n) is 4.73. The number of carbonyl (C=O) groups excluding carboxylic acids is 2. The molecule has 0 aromatic heterocycles. The van der Waals surface area contributed by atoms with E-state index < -0.39 is 11.8 Å². The van der Waals surface area contributed by atoms with Gasteiger partial charge in [-0.15, -0.1) is 0 Å². The zero-order valence-electron chi connectivity index (χ0n) is 13.0. The Kier molecular flexibility index (Phi) is 5.90. The number of nitrogens with zero attached hydrogens (tertiary/aromatic N) is 1. The first-order chi connectivity index (χ1) is 11.6. The maximum Gasteiger partial charge on any atom is 0.259 e. The molecule has 2 aromatic carbocycles. The van der Waals surface area contributed by atoms with Gasteiger partial charge in [0, 0.05) is 5.56 Å². The molecule has 24 heavy (non-hydrogen) atoms. The predicted octanol–water partition coefficient (Wildman–Crippen LogP) is 1.28. The second-order valence-corrected chi connectivity index (χ2v) is 4.73. The summed E-state index contributed by atoms with van der Waals surface area (Å²) in [5.74, 6) is -0.440. The Balaban J connectivity index is 1.85. The molecule has 0 unspecified atom stereocenters. The van der Waals surface area contributed by atoms with Crippen molar-refractivity contribution in [3.8, 4) is 11.5 Å². The van der Waals surface area contributed by atoms with E-state index in [0.717, 1.165) is 0 Å². The lowest BCUT2D eigenvalue weighted by molar-refractivity contribution is -0.120. The van der Waals surface area contributed by atoms with E-state index in [4.69, 9.17) is 4.74 Å². The Morgan fingerprint density at radius 3 is 2.62 bits per heavy atom. The van der Waals surface area contributed by atoms with Crippen LogP contribution in [0.5, 0.6) is 11.5 Å². The number of ether oxygens (including phenoxy) is 1. The molecule has 0 aliphatic rings. The standard InChI is InChI=1S/C17H17N3O4/c1-24-15-9-5-3-7-13(15)17(23)18-11-16(22)20-19-10-12-6-2-4-8-14(12)21/h2-10,21H,11H2,1H3,(H,18,23)(H,20,22)/b19-10-. The van der Waals surface area contributed by atoms with Crippen molar-refractivity contribution in [3.05, 3.63) is 59.7 Å². The fourth-order valence-electron chi connectivity index (χ4n) is 1.90. The lowest BCUT2D eigenvalue weighted by Gasteiger charge is -2.08. The number of hydrazone groups is 1. The largest absolute Gasteiger partial charge is 0.507 e. The van der Waals surface area contributed by atoms with Crippen LogP contribution < -0.4 is 15.5 Å². The van der Waals surface area contributed by atoms with Crippen LogP contribution in [-0.2, 0) is 4.79 Å². The van der Waals surface area contributed by atoms with Gasteiger partial charge in [0.25, 0.3) is 11.8 Å². The third kappa shape index (κ3) is 4.57. The summed E-state index contributed by atoms with van der Waals surface area (Å²) in [7, 11) is 1.46. The molecule has 0 saturated heterocycles. The number of methoxy groups -OCH3 is 1. The molecular weight excluding hydrogens is 310 g/mol. The van der Waals surface area contributed by atoms with Crippen LogP contribution >= 0.6 is 0 Å². The van der Waals surface area contributed by atoms with Crippen LogP contribution in [0.1, 0.15) is 15.9 Å². The highest BCUT2D eigenvalue weighted by atomic mass is 16.5. The first-order valence-corrected chi connectivity index (χ1v) is 7.13. The van der Waals surface area contributed by atoms with Crippen LogP contribution in [0, 0.1) is 0 Å². The van der Waals surface area contributed by atoms with Crippen LogP contribution in [-0.4, -0.2) is 36.8 Å². The van der Waals surface area contributed by atoms with E-state index in [-0.39, 0.29) is 12.3 Å². The summed E-state index contributed by atoms with van der Waals surface area (Å²) in [4.78, 5) is 23.7. The fourth-order valence-corrected chi connectivity index (χ4v) is 1.90. The monoisotopic (exact) mass is 327 g/mol. The van der Waals surface area contributed by atoms with Crippen molar-refractivity contribution in [2.75, 3.05) is 13.7 Å². The van der Waals surface area contributed by atoms with Gasteiger partial charge >= 0.3 is 0 Å². The topological polar surface area (TPSA) is 100 Å². The lowest BCUT2D eigenvalue weighted by atomic mass is 10.2. The lowest BCUT2D eigenvalue weighted by Crippen LogP contribution is -2.35. The Morgan fingerprint density at radius 2 is 1.88 bits per heavy atom. The van der Waals surface area contributed by atoms with Crippen LogP contribution in [0.3, 0.4) is 0 Å². The summed E-state index contributed by atoms with van der Waals surface area (Å²) in [6, 6.07) is 13.3. The number of hydrogen-bond donors (Lipinski definition) is 3. The van der Waals surface area contributed by atoms with Gasteiger partial charge in [-0.1, -0.05) is 24.3 Å². The Hall–Kier alpha value is -3.35. The Labute approximate surface area is 139 Å². The van der Waals surface area contributed by atoms with Crippen molar-refractivity contribution in [1.82, 2.24) is 10.7 Å². The van der Waals surface area contributed by atoms with E-state index in [0.29, 0.717) is 16.9 Å². The highest BCUT2D eigenvalue weighted by molar-refractivity contribution is 5.98. The van der Waals surface area contributed by atoms with Crippen molar-refractivity contribution in [1.29, 1.82) is 0 Å². The number of hydrogen-bond acceptors (Lipinski definition) is 5. The number of para-hydroxylation sites is 2. The smallest absolute Gasteiger partial charge is 0.259 e. The van der Waals surface area contributed by atoms with Gasteiger partial charge in [0.15, 0.2) is 0 Å². The maximum atomic E-state index is 12.0. The highest BCUT2D eigenvalue weighted by Gasteiger charge is 2.12. The number of rotatable bonds is 6. The molecule has 0 fully saturated rings. The van der Waals surface area contributed by atoms with Crippen LogP contribution in [0.15, 0.2) is 53.6 Å². The first-order valence-electron chi connectivity index (χ1n) is 7.13. The number of carbonyl (C=O) groups is 2. The van der Waals surface area contributed by atoms with Crippen LogP contribution in [0.25, 0.3) is 0 Å². The number of phenols is 1. The molecule has 0 aliphatic carbocycles. The quantitative estimate of drug-likeness (QED) is 0.549. The molecule has 2 aromatic rings. The number of aromatic hydroxyl groups is 1. The minimum Gasteiger partial charge on any atom is -0.507 e. The summed E-state index contributed by atoms with van der Waals surface area (Å²) >= 11 is 0. The normalized spacial score (nSPS) is 10.4. The van der Waals surface area contributed by atoms with Crippen LogP contribution in [0.2, 0.25) is 0 Å². The molecule has 7 heteroatoms. The minimum absolute atomic E-state index is 0.0555. The first kappa shape index (κ1) is 17.0. The van der Waals surface area contributed by atoms with Crippen molar-refractivity contribution in [2.45, 2.75) is 0 Å². The third-order valence-electron chi connectivity index (χ3n) is 3.09. The molecule has 124 valence electrons. The molecule has 0 bridgehead atoms. The van der Waals surface area contributed by atoms with Gasteiger partial charge in [-0.2, -0.15) is 5.10 Å². The van der Waals surface area contributed by atoms with E-state index >= 15 is 0 Å². The van der Waals surface area contributed by atoms with Crippen LogP contribution in [0.4, 0.5) is 0 Å². The molecule has 0 aliphatic heterocycles. The summed E-state index contributed by atoms with van der Waals surface area (Å²) < 4.78 is 5.09. The molecule has 2 amide bonds. The van der Waals surface area contributed by atoms with Crippen molar-refractivity contribution in [2.24, 2.45) is 5.10 Å². The molecule has 0 spiro atoms. The van der Waals surface area contributed by atoms with Gasteiger partial charge in [-0.3, -0.25) is 9.59 Å². The molecule has 0 saturated carbocycles. The summed E-state index contributed by atoms with van der Waals surface area (Å²) in [5, 5.41) is 15.8. The Morgan fingerprint density at radius 1 is 1.17 bits per heavy atom. The average Bonchev–Trinajstić information content (AvgIpc) is 2.61. The van der Waals surface area contributed by atoms with Crippen molar-refractivity contribution >= 4 is 18.0 Å². The highest BCUT2D eigenvalue weighted by Crippen LogP contribution is 2.16. The SMILES string of the molecule is COc1ccccc1C(=O)NCC(=O)N/N=C\c1ccccc1O. The van der Waals surface area contributed by atoms with Gasteiger partial charge in [-0.25, -0.2) is 5.43 Å². The molecule has 2 rings (SSSR count). The van der Waals surface area contributed by atoms with Crippen molar-refractivity contribution < 1.29 is 19.4 Å². The number of benzene rings is 2. The molecule has 0 radical (unpaired) electrons. The molecule has 3 N–H and O–H groups in total. The molecular formula is C17H17N3O4. The van der Waals surface area contributed by atoms with E-state index in [2.05, 4.69) is 15.8 Å². The van der Waals surface area contributed by atoms with E-state index in [9.17, 15) is 14.7 Å². The minimum atomic E-state index is -0.495. The van der Waals surface area contributed by atoms with E-state index in [1.54, 1.807) is 42.5 Å². The molecule has 0 heterocycles. The zero-order valence-corrected chi connectivity index (χ0v) is 13.0. The number of phenolic OH excluding ortho intramolecular Hbond substituents is 1. The van der Waals surface area contributed by atoms with Gasteiger partial charge < -0.3 is 15.2 Å². The average molecular weight is 327 g/mol. The molecule has 7 nitrogen and oxygen atoms in total. The zero-order chi connectivity index (χ0) is 17.4. The van der Waals surface area contributed by atoms with Gasteiger partial charge in [0.05, 0.1) is 25.4 Å². The molecule has 0 atom stereocenters. The summed E-state index contributed by atoms with van der Waals surface area (Å²) in [6.45, 7) is -0.241. The number of amides is 2. The maximum absolute atomic E-state index is 12.0. The predicted molar refractivity (Wildman–Crippen MR) is 89.2 cm³/mol. The van der Waals surface area contributed by atoms with Gasteiger partial charge in [0.1, 0.15) is 11.5 Å². The second kappa shape index (κ2) is 8.33. The van der Waals surface area contributed by atoms with Gasteiger partial charge in [0.2, 0.25) is 0 Å². The fraction of sp³-hybridized carbons (Fsp3) is 0.118. The van der Waals surface area contributed by atoms with E-state index in [1.807, 2.05) is 0 Å². The summed E-state index contributed by atoms with van der Waals surface area (Å²) in [6.07, 6.45) is 1.31. The van der Waals surface area contributed by atoms with Crippen molar-refractivity contribution in [3.63, 3.8) is 0 Å². The Bertz CT molecular complexity index is 759. The van der Waals surface area contributed by atoms with Gasteiger partial charge in [-0.05, 0) is 24.3 Å².